The van der Waals surface area contributed by atoms with E-state index >= 15 is 0 Å². The van der Waals surface area contributed by atoms with Gasteiger partial charge in [-0.2, -0.15) is 0 Å². The molecule has 0 aliphatic carbocycles. The van der Waals surface area contributed by atoms with Crippen LogP contribution in [0.3, 0.4) is 0 Å². The van der Waals surface area contributed by atoms with Crippen LogP contribution in [0, 0.1) is 6.92 Å². The van der Waals surface area contributed by atoms with Crippen molar-refractivity contribution >= 4 is 34.5 Å². The summed E-state index contributed by atoms with van der Waals surface area (Å²) in [5.41, 5.74) is 2.98. The highest BCUT2D eigenvalue weighted by Crippen LogP contribution is 2.23. The third-order valence-corrected chi connectivity index (χ3v) is 6.18. The van der Waals surface area contributed by atoms with Crippen LogP contribution in [0.25, 0.3) is 0 Å². The molecule has 0 spiro atoms. The molecule has 6 nitrogen and oxygen atoms in total. The van der Waals surface area contributed by atoms with E-state index in [4.69, 9.17) is 4.74 Å². The molecule has 0 bridgehead atoms. The van der Waals surface area contributed by atoms with Crippen LogP contribution in [0.5, 0.6) is 0 Å². The highest BCUT2D eigenvalue weighted by molar-refractivity contribution is 7.14. The molecule has 0 radical (unpaired) electrons. The number of aryl methyl sites for hydroxylation is 2. The number of nitrogens with zero attached hydrogens (tertiary/aromatic N) is 2. The summed E-state index contributed by atoms with van der Waals surface area (Å²) in [5, 5.41) is 2.86. The first kappa shape index (κ1) is 20.4. The number of benzene rings is 1. The van der Waals surface area contributed by atoms with E-state index in [0.717, 1.165) is 49.7 Å². The second kappa shape index (κ2) is 9.21. The van der Waals surface area contributed by atoms with Gasteiger partial charge in [-0.3, -0.25) is 9.59 Å². The van der Waals surface area contributed by atoms with Gasteiger partial charge in [-0.1, -0.05) is 6.92 Å². The average Bonchev–Trinajstić information content (AvgIpc) is 3.09. The molecule has 7 heteroatoms. The number of nitrogens with one attached hydrogen (secondary N) is 1. The van der Waals surface area contributed by atoms with Crippen molar-refractivity contribution in [3.8, 4) is 0 Å². The van der Waals surface area contributed by atoms with Crippen molar-refractivity contribution in [3.63, 3.8) is 0 Å². The zero-order valence-corrected chi connectivity index (χ0v) is 17.5. The number of rotatable bonds is 6. The first-order valence-electron chi connectivity index (χ1n) is 9.55. The topological polar surface area (TPSA) is 61.9 Å². The maximum Gasteiger partial charge on any atom is 0.264 e. The average molecular weight is 402 g/mol. The number of ether oxygens (including phenoxy) is 1. The Kier molecular flexibility index (Phi) is 6.70. The number of amides is 2. The first-order chi connectivity index (χ1) is 13.5. The van der Waals surface area contributed by atoms with Gasteiger partial charge < -0.3 is 19.9 Å². The van der Waals surface area contributed by atoms with Gasteiger partial charge in [0, 0.05) is 36.4 Å². The summed E-state index contributed by atoms with van der Waals surface area (Å²) in [6.45, 7) is 7.34. The molecule has 28 heavy (non-hydrogen) atoms. The number of carbonyl (C=O) groups excluding carboxylic acids is 2. The lowest BCUT2D eigenvalue weighted by molar-refractivity contribution is -0.116. The molecule has 1 aromatic heterocycles. The highest BCUT2D eigenvalue weighted by atomic mass is 32.1. The molecule has 3 rings (SSSR count). The molecule has 0 atom stereocenters. The zero-order valence-electron chi connectivity index (χ0n) is 16.7. The lowest BCUT2D eigenvalue weighted by Gasteiger charge is -2.28. The quantitative estimate of drug-likeness (QED) is 0.808. The van der Waals surface area contributed by atoms with E-state index in [9.17, 15) is 9.59 Å². The normalized spacial score (nSPS) is 14.0. The standard InChI is InChI=1S/C21H27N3O3S/c1-4-18-15(2)13-19(28-18)21(26)23(3)14-20(25)22-16-5-7-17(8-6-16)24-9-11-27-12-10-24/h5-8,13H,4,9-12,14H2,1-3H3,(H,22,25). The fourth-order valence-corrected chi connectivity index (χ4v) is 4.34. The summed E-state index contributed by atoms with van der Waals surface area (Å²) in [5.74, 6) is -0.329. The summed E-state index contributed by atoms with van der Waals surface area (Å²) < 4.78 is 5.37. The van der Waals surface area contributed by atoms with Gasteiger partial charge in [-0.25, -0.2) is 0 Å². The Balaban J connectivity index is 1.54. The monoisotopic (exact) mass is 401 g/mol. The van der Waals surface area contributed by atoms with Gasteiger partial charge in [0.25, 0.3) is 5.91 Å². The summed E-state index contributed by atoms with van der Waals surface area (Å²) in [6, 6.07) is 9.68. The van der Waals surface area contributed by atoms with Crippen molar-refractivity contribution < 1.29 is 14.3 Å². The Hall–Kier alpha value is -2.38. The number of morpholine rings is 1. The zero-order chi connectivity index (χ0) is 20.1. The van der Waals surface area contributed by atoms with Crippen molar-refractivity contribution in [1.82, 2.24) is 4.90 Å². The van der Waals surface area contributed by atoms with Gasteiger partial charge in [0.1, 0.15) is 0 Å². The number of carbonyl (C=O) groups is 2. The molecule has 1 aliphatic heterocycles. The lowest BCUT2D eigenvalue weighted by atomic mass is 10.2. The van der Waals surface area contributed by atoms with Crippen molar-refractivity contribution in [2.24, 2.45) is 0 Å². The van der Waals surface area contributed by atoms with E-state index in [1.807, 2.05) is 37.3 Å². The molecule has 1 N–H and O–H groups in total. The number of hydrogen-bond donors (Lipinski definition) is 1. The Morgan fingerprint density at radius 1 is 1.21 bits per heavy atom. The molecule has 150 valence electrons. The van der Waals surface area contributed by atoms with E-state index in [1.54, 1.807) is 7.05 Å². The van der Waals surface area contributed by atoms with Gasteiger partial charge in [0.05, 0.1) is 24.6 Å². The van der Waals surface area contributed by atoms with E-state index < -0.39 is 0 Å². The Morgan fingerprint density at radius 3 is 2.50 bits per heavy atom. The third-order valence-electron chi connectivity index (χ3n) is 4.81. The Bertz CT molecular complexity index is 826. The van der Waals surface area contributed by atoms with Gasteiger partial charge in [-0.15, -0.1) is 11.3 Å². The number of likely N-dealkylation sites (N-methyl/N-ethyl adjacent to an activating group) is 1. The van der Waals surface area contributed by atoms with Crippen LogP contribution in [-0.2, 0) is 16.0 Å². The maximum absolute atomic E-state index is 12.6. The van der Waals surface area contributed by atoms with Crippen molar-refractivity contribution in [2.75, 3.05) is 50.1 Å². The van der Waals surface area contributed by atoms with E-state index in [1.165, 1.54) is 21.1 Å². The highest BCUT2D eigenvalue weighted by Gasteiger charge is 2.18. The van der Waals surface area contributed by atoms with Crippen LogP contribution in [0.4, 0.5) is 11.4 Å². The summed E-state index contributed by atoms with van der Waals surface area (Å²) in [6.07, 6.45) is 0.911. The van der Waals surface area contributed by atoms with Crippen LogP contribution < -0.4 is 10.2 Å². The number of anilines is 2. The van der Waals surface area contributed by atoms with Gasteiger partial charge in [0.15, 0.2) is 0 Å². The van der Waals surface area contributed by atoms with Gasteiger partial charge >= 0.3 is 0 Å². The van der Waals surface area contributed by atoms with Crippen LogP contribution in [0.15, 0.2) is 30.3 Å². The second-order valence-corrected chi connectivity index (χ2v) is 8.06. The van der Waals surface area contributed by atoms with E-state index in [0.29, 0.717) is 4.88 Å². The Labute approximate surface area is 170 Å². The fourth-order valence-electron chi connectivity index (χ4n) is 3.23. The third kappa shape index (κ3) is 4.91. The molecule has 0 unspecified atom stereocenters. The largest absolute Gasteiger partial charge is 0.378 e. The first-order valence-corrected chi connectivity index (χ1v) is 10.4. The van der Waals surface area contributed by atoms with Crippen LogP contribution in [-0.4, -0.2) is 56.6 Å². The summed E-state index contributed by atoms with van der Waals surface area (Å²) >= 11 is 1.51. The minimum Gasteiger partial charge on any atom is -0.378 e. The van der Waals surface area contributed by atoms with Crippen molar-refractivity contribution in [2.45, 2.75) is 20.3 Å². The number of hydrogen-bond acceptors (Lipinski definition) is 5. The molecule has 2 aromatic rings. The van der Waals surface area contributed by atoms with Crippen LogP contribution in [0.2, 0.25) is 0 Å². The summed E-state index contributed by atoms with van der Waals surface area (Å²) in [4.78, 5) is 30.5. The predicted octanol–water partition coefficient (Wildman–Crippen LogP) is 3.17. The lowest BCUT2D eigenvalue weighted by Crippen LogP contribution is -2.36. The number of thiophene rings is 1. The second-order valence-electron chi connectivity index (χ2n) is 6.93. The van der Waals surface area contributed by atoms with Crippen molar-refractivity contribution in [3.05, 3.63) is 45.6 Å². The van der Waals surface area contributed by atoms with Crippen LogP contribution >= 0.6 is 11.3 Å². The smallest absolute Gasteiger partial charge is 0.264 e. The molecular weight excluding hydrogens is 374 g/mol. The predicted molar refractivity (Wildman–Crippen MR) is 113 cm³/mol. The van der Waals surface area contributed by atoms with E-state index in [-0.39, 0.29) is 18.4 Å². The molecule has 2 heterocycles. The molecule has 2 amide bonds. The molecular formula is C21H27N3O3S. The molecule has 0 saturated carbocycles. The maximum atomic E-state index is 12.6. The minimum absolute atomic E-state index is 0.0163. The Morgan fingerprint density at radius 2 is 1.89 bits per heavy atom. The van der Waals surface area contributed by atoms with E-state index in [2.05, 4.69) is 17.1 Å². The van der Waals surface area contributed by atoms with Crippen molar-refractivity contribution in [1.29, 1.82) is 0 Å². The van der Waals surface area contributed by atoms with Crippen LogP contribution in [0.1, 0.15) is 27.0 Å². The molecule has 1 saturated heterocycles. The van der Waals surface area contributed by atoms with Gasteiger partial charge in [-0.05, 0) is 49.2 Å². The molecule has 1 aromatic carbocycles. The summed E-state index contributed by atoms with van der Waals surface area (Å²) in [7, 11) is 1.66. The molecule has 1 fully saturated rings. The molecule has 1 aliphatic rings. The SMILES string of the molecule is CCc1sc(C(=O)N(C)CC(=O)Nc2ccc(N3CCOCC3)cc2)cc1C. The minimum atomic E-state index is -0.209. The van der Waals surface area contributed by atoms with Gasteiger partial charge in [0.2, 0.25) is 5.91 Å². The fraction of sp³-hybridized carbons (Fsp3) is 0.429.